The molecule has 16 heavy (non-hydrogen) atoms. The van der Waals surface area contributed by atoms with E-state index < -0.39 is 10.0 Å². The highest BCUT2D eigenvalue weighted by Crippen LogP contribution is 2.22. The largest absolute Gasteiger partial charge is 0.328 e. The molecule has 0 spiro atoms. The van der Waals surface area contributed by atoms with E-state index in [0.29, 0.717) is 19.4 Å². The lowest BCUT2D eigenvalue weighted by molar-refractivity contribution is 0.431. The van der Waals surface area contributed by atoms with Crippen LogP contribution in [0.2, 0.25) is 0 Å². The molecule has 0 atom stereocenters. The topological polar surface area (TPSA) is 72.2 Å². The number of nitrogens with one attached hydrogen (secondary N) is 1. The van der Waals surface area contributed by atoms with Gasteiger partial charge in [0, 0.05) is 12.6 Å². The fourth-order valence-electron chi connectivity index (χ4n) is 1.83. The van der Waals surface area contributed by atoms with Gasteiger partial charge in [-0.3, -0.25) is 0 Å². The lowest BCUT2D eigenvalue weighted by Gasteiger charge is -2.26. The lowest BCUT2D eigenvalue weighted by atomic mass is 9.96. The predicted molar refractivity (Wildman–Crippen MR) is 66.6 cm³/mol. The van der Waals surface area contributed by atoms with E-state index in [2.05, 4.69) is 4.72 Å². The molecule has 1 rings (SSSR count). The number of hydrogen-bond donors (Lipinski definition) is 2. The van der Waals surface area contributed by atoms with Crippen LogP contribution in [0.3, 0.4) is 0 Å². The van der Waals surface area contributed by atoms with Crippen LogP contribution >= 0.6 is 0 Å². The monoisotopic (exact) mass is 246 g/mol. The van der Waals surface area contributed by atoms with E-state index >= 15 is 0 Å². The van der Waals surface area contributed by atoms with Crippen LogP contribution in [0.5, 0.6) is 0 Å². The highest BCUT2D eigenvalue weighted by Gasteiger charge is 2.29. The molecule has 0 unspecified atom stereocenters. The zero-order valence-corrected chi connectivity index (χ0v) is 10.9. The van der Waals surface area contributed by atoms with Gasteiger partial charge in [0.1, 0.15) is 0 Å². The van der Waals surface area contributed by atoms with Gasteiger partial charge in [0.05, 0.1) is 5.25 Å². The maximum atomic E-state index is 11.9. The van der Waals surface area contributed by atoms with Crippen molar-refractivity contribution in [2.75, 3.05) is 6.54 Å². The Labute approximate surface area is 98.3 Å². The first kappa shape index (κ1) is 13.7. The van der Waals surface area contributed by atoms with Crippen LogP contribution < -0.4 is 10.5 Å². The molecule has 3 N–H and O–H groups in total. The Kier molecular flexibility index (Phi) is 4.95. The lowest BCUT2D eigenvalue weighted by Crippen LogP contribution is -2.40. The quantitative estimate of drug-likeness (QED) is 0.731. The van der Waals surface area contributed by atoms with Gasteiger partial charge in [-0.2, -0.15) is 0 Å². The molecule has 4 nitrogen and oxygen atoms in total. The average Bonchev–Trinajstić information content (AvgIpc) is 2.26. The summed E-state index contributed by atoms with van der Waals surface area (Å²) in [6.45, 7) is 4.24. The molecule has 0 radical (unpaired) electrons. The standard InChI is InChI=1S/C11H22N2O2S/c1-3-9(2)8-13-16(14,15)11-6-4-10(12)5-7-11/h3,10-11,13H,4-8,12H2,1-2H3. The first-order chi connectivity index (χ1) is 7.45. The first-order valence-electron chi connectivity index (χ1n) is 5.81. The zero-order chi connectivity index (χ0) is 12.2. The summed E-state index contributed by atoms with van der Waals surface area (Å²) < 4.78 is 26.5. The molecule has 0 aromatic carbocycles. The van der Waals surface area contributed by atoms with E-state index in [1.54, 1.807) is 0 Å². The molecule has 0 saturated heterocycles. The minimum Gasteiger partial charge on any atom is -0.328 e. The van der Waals surface area contributed by atoms with E-state index in [1.165, 1.54) is 0 Å². The molecule has 1 saturated carbocycles. The highest BCUT2D eigenvalue weighted by atomic mass is 32.2. The number of nitrogens with two attached hydrogens (primary N) is 1. The van der Waals surface area contributed by atoms with Gasteiger partial charge < -0.3 is 5.73 Å². The van der Waals surface area contributed by atoms with Crippen LogP contribution in [0.1, 0.15) is 39.5 Å². The van der Waals surface area contributed by atoms with Gasteiger partial charge in [0.25, 0.3) is 0 Å². The molecule has 1 fully saturated rings. The Morgan fingerprint density at radius 1 is 1.38 bits per heavy atom. The van der Waals surface area contributed by atoms with Gasteiger partial charge in [-0.25, -0.2) is 13.1 Å². The van der Waals surface area contributed by atoms with Crippen molar-refractivity contribution < 1.29 is 8.42 Å². The minimum absolute atomic E-state index is 0.184. The van der Waals surface area contributed by atoms with E-state index in [-0.39, 0.29) is 11.3 Å². The van der Waals surface area contributed by atoms with Gasteiger partial charge in [-0.05, 0) is 39.5 Å². The third-order valence-electron chi connectivity index (χ3n) is 3.20. The number of hydrogen-bond acceptors (Lipinski definition) is 3. The molecular weight excluding hydrogens is 224 g/mol. The van der Waals surface area contributed by atoms with Crippen molar-refractivity contribution in [2.45, 2.75) is 50.8 Å². The van der Waals surface area contributed by atoms with Crippen molar-refractivity contribution in [1.82, 2.24) is 4.72 Å². The van der Waals surface area contributed by atoms with E-state index in [0.717, 1.165) is 18.4 Å². The maximum absolute atomic E-state index is 11.9. The van der Waals surface area contributed by atoms with Crippen LogP contribution in [-0.4, -0.2) is 26.3 Å². The number of allylic oxidation sites excluding steroid dienone is 1. The van der Waals surface area contributed by atoms with Crippen molar-refractivity contribution in [2.24, 2.45) is 5.73 Å². The Morgan fingerprint density at radius 3 is 2.44 bits per heavy atom. The van der Waals surface area contributed by atoms with E-state index in [1.807, 2.05) is 19.9 Å². The van der Waals surface area contributed by atoms with Crippen molar-refractivity contribution in [1.29, 1.82) is 0 Å². The normalized spacial score (nSPS) is 28.1. The van der Waals surface area contributed by atoms with Gasteiger partial charge in [0.15, 0.2) is 0 Å². The van der Waals surface area contributed by atoms with Crippen LogP contribution in [0.25, 0.3) is 0 Å². The Bertz CT molecular complexity index is 341. The van der Waals surface area contributed by atoms with Crippen molar-refractivity contribution >= 4 is 10.0 Å². The molecule has 94 valence electrons. The molecule has 0 aromatic heterocycles. The molecule has 0 aliphatic heterocycles. The van der Waals surface area contributed by atoms with E-state index in [9.17, 15) is 8.42 Å². The van der Waals surface area contributed by atoms with Crippen molar-refractivity contribution in [3.63, 3.8) is 0 Å². The molecule has 5 heteroatoms. The summed E-state index contributed by atoms with van der Waals surface area (Å²) >= 11 is 0. The summed E-state index contributed by atoms with van der Waals surface area (Å²) in [5.41, 5.74) is 6.80. The van der Waals surface area contributed by atoms with Gasteiger partial charge in [0.2, 0.25) is 10.0 Å². The molecule has 1 aliphatic carbocycles. The number of sulfonamides is 1. The fourth-order valence-corrected chi connectivity index (χ4v) is 3.39. The molecular formula is C11H22N2O2S. The second-order valence-electron chi connectivity index (χ2n) is 4.54. The molecule has 1 aliphatic rings. The van der Waals surface area contributed by atoms with Crippen molar-refractivity contribution in [3.8, 4) is 0 Å². The molecule has 0 amide bonds. The van der Waals surface area contributed by atoms with Crippen LogP contribution in [0.15, 0.2) is 11.6 Å². The summed E-state index contributed by atoms with van der Waals surface area (Å²) in [7, 11) is -3.16. The third-order valence-corrected chi connectivity index (χ3v) is 5.10. The summed E-state index contributed by atoms with van der Waals surface area (Å²) in [5.74, 6) is 0. The Hall–Kier alpha value is -0.390. The first-order valence-corrected chi connectivity index (χ1v) is 7.36. The fraction of sp³-hybridized carbons (Fsp3) is 0.818. The SMILES string of the molecule is CC=C(C)CNS(=O)(=O)C1CCC(N)CC1. The predicted octanol–water partition coefficient (Wildman–Crippen LogP) is 1.14. The van der Waals surface area contributed by atoms with Crippen LogP contribution in [0, 0.1) is 0 Å². The van der Waals surface area contributed by atoms with Gasteiger partial charge >= 0.3 is 0 Å². The van der Waals surface area contributed by atoms with Crippen LogP contribution in [0.4, 0.5) is 0 Å². The smallest absolute Gasteiger partial charge is 0.214 e. The zero-order valence-electron chi connectivity index (χ0n) is 10.1. The highest BCUT2D eigenvalue weighted by molar-refractivity contribution is 7.90. The average molecular weight is 246 g/mol. The van der Waals surface area contributed by atoms with Crippen molar-refractivity contribution in [3.05, 3.63) is 11.6 Å². The molecule has 0 heterocycles. The third kappa shape index (κ3) is 3.88. The van der Waals surface area contributed by atoms with Gasteiger partial charge in [-0.1, -0.05) is 11.6 Å². The summed E-state index contributed by atoms with van der Waals surface area (Å²) in [6.07, 6.45) is 4.92. The summed E-state index contributed by atoms with van der Waals surface area (Å²) in [6, 6.07) is 0.184. The maximum Gasteiger partial charge on any atom is 0.214 e. The minimum atomic E-state index is -3.16. The molecule has 0 aromatic rings. The Morgan fingerprint density at radius 2 is 1.94 bits per heavy atom. The Balaban J connectivity index is 2.51. The molecule has 0 bridgehead atoms. The van der Waals surface area contributed by atoms with Gasteiger partial charge in [-0.15, -0.1) is 0 Å². The second-order valence-corrected chi connectivity index (χ2v) is 6.58. The van der Waals surface area contributed by atoms with E-state index in [4.69, 9.17) is 5.73 Å². The second kappa shape index (κ2) is 5.80. The summed E-state index contributed by atoms with van der Waals surface area (Å²) in [5, 5.41) is -0.253. The summed E-state index contributed by atoms with van der Waals surface area (Å²) in [4.78, 5) is 0. The number of rotatable bonds is 4. The van der Waals surface area contributed by atoms with Crippen LogP contribution in [-0.2, 0) is 10.0 Å².